The lowest BCUT2D eigenvalue weighted by molar-refractivity contribution is -0.145. The summed E-state index contributed by atoms with van der Waals surface area (Å²) in [5, 5.41) is 0. The summed E-state index contributed by atoms with van der Waals surface area (Å²) in [6.45, 7) is 3.40. The van der Waals surface area contributed by atoms with Gasteiger partial charge in [0.15, 0.2) is 0 Å². The van der Waals surface area contributed by atoms with Crippen LogP contribution < -0.4 is 0 Å². The Bertz CT molecular complexity index is 134. The summed E-state index contributed by atoms with van der Waals surface area (Å²) >= 11 is 1.75. The Morgan fingerprint density at radius 1 is 1.33 bits per heavy atom. The van der Waals surface area contributed by atoms with Crippen LogP contribution in [-0.2, 0) is 14.3 Å². The quantitative estimate of drug-likeness (QED) is 0.502. The molecule has 0 aliphatic heterocycles. The molecule has 0 aromatic carbocycles. The fourth-order valence-corrected chi connectivity index (χ4v) is 0.415. The molecule has 72 valence electrons. The third-order valence-corrected chi connectivity index (χ3v) is 0.699. The van der Waals surface area contributed by atoms with Gasteiger partial charge in [-0.2, -0.15) is 11.8 Å². The number of hydrogen-bond donors (Lipinski definition) is 0. The molecule has 0 N–H and O–H groups in total. The molecule has 0 amide bonds. The number of ketones is 1. The van der Waals surface area contributed by atoms with E-state index in [1.165, 1.54) is 6.92 Å². The van der Waals surface area contributed by atoms with Crippen molar-refractivity contribution in [3.63, 3.8) is 0 Å². The number of rotatable bonds is 3. The molecule has 0 fully saturated rings. The van der Waals surface area contributed by atoms with Gasteiger partial charge in [0.2, 0.25) is 0 Å². The highest BCUT2D eigenvalue weighted by Gasteiger charge is 2.03. The zero-order valence-corrected chi connectivity index (χ0v) is 8.86. The molecule has 0 aromatic rings. The van der Waals surface area contributed by atoms with Gasteiger partial charge in [0.1, 0.15) is 12.2 Å². The molecular formula is C8H16O3S. The van der Waals surface area contributed by atoms with Gasteiger partial charge < -0.3 is 4.74 Å². The lowest BCUT2D eigenvalue weighted by Crippen LogP contribution is -2.07. The third kappa shape index (κ3) is 16.2. The van der Waals surface area contributed by atoms with E-state index in [1.807, 2.05) is 12.5 Å². The summed E-state index contributed by atoms with van der Waals surface area (Å²) in [5.41, 5.74) is 0. The molecule has 12 heavy (non-hydrogen) atoms. The van der Waals surface area contributed by atoms with Gasteiger partial charge >= 0.3 is 5.97 Å². The number of Topliss-reactive ketones (excluding diaryl/α,β-unsaturated/α-hetero) is 1. The molecule has 0 bridgehead atoms. The highest BCUT2D eigenvalue weighted by Crippen LogP contribution is 1.86. The van der Waals surface area contributed by atoms with Crippen LogP contribution in [-0.4, -0.2) is 30.9 Å². The van der Waals surface area contributed by atoms with Crippen LogP contribution >= 0.6 is 11.8 Å². The average Bonchev–Trinajstić information content (AvgIpc) is 1.87. The third-order valence-electron chi connectivity index (χ3n) is 0.699. The van der Waals surface area contributed by atoms with Gasteiger partial charge in [0.25, 0.3) is 0 Å². The second kappa shape index (κ2) is 10.5. The second-order valence-corrected chi connectivity index (χ2v) is 2.91. The Hall–Kier alpha value is -0.510. The van der Waals surface area contributed by atoms with Gasteiger partial charge in [0.05, 0.1) is 6.61 Å². The van der Waals surface area contributed by atoms with Crippen molar-refractivity contribution >= 4 is 23.5 Å². The molecule has 3 nitrogen and oxygen atoms in total. The minimum atomic E-state index is -0.440. The SMILES string of the molecule is CCOC(=O)CC(C)=O.CSC. The fourth-order valence-electron chi connectivity index (χ4n) is 0.415. The van der Waals surface area contributed by atoms with Crippen LogP contribution in [0.2, 0.25) is 0 Å². The Balaban J connectivity index is 0. The van der Waals surface area contributed by atoms with Gasteiger partial charge in [-0.05, 0) is 26.4 Å². The van der Waals surface area contributed by atoms with Crippen molar-refractivity contribution in [2.24, 2.45) is 0 Å². The average molecular weight is 192 g/mol. The van der Waals surface area contributed by atoms with Gasteiger partial charge in [-0.1, -0.05) is 0 Å². The van der Waals surface area contributed by atoms with E-state index >= 15 is 0 Å². The van der Waals surface area contributed by atoms with Crippen molar-refractivity contribution < 1.29 is 14.3 Å². The number of carbonyl (C=O) groups excluding carboxylic acids is 2. The van der Waals surface area contributed by atoms with Gasteiger partial charge in [-0.3, -0.25) is 9.59 Å². The summed E-state index contributed by atoms with van der Waals surface area (Å²) in [7, 11) is 0. The predicted molar refractivity (Wildman–Crippen MR) is 51.4 cm³/mol. The van der Waals surface area contributed by atoms with E-state index in [0.717, 1.165) is 0 Å². The summed E-state index contributed by atoms with van der Waals surface area (Å²) in [5.74, 6) is -0.599. The van der Waals surface area contributed by atoms with Crippen LogP contribution in [0.15, 0.2) is 0 Å². The van der Waals surface area contributed by atoms with E-state index in [4.69, 9.17) is 0 Å². The maximum Gasteiger partial charge on any atom is 0.313 e. The van der Waals surface area contributed by atoms with E-state index in [9.17, 15) is 9.59 Å². The maximum absolute atomic E-state index is 10.4. The lowest BCUT2D eigenvalue weighted by Gasteiger charge is -1.96. The molecule has 0 saturated carbocycles. The number of thioether (sulfide) groups is 1. The molecule has 0 radical (unpaired) electrons. The van der Waals surface area contributed by atoms with Crippen LogP contribution in [0.25, 0.3) is 0 Å². The molecule has 0 saturated heterocycles. The summed E-state index contributed by atoms with van der Waals surface area (Å²) in [6.07, 6.45) is 3.98. The number of hydrogen-bond acceptors (Lipinski definition) is 4. The molecule has 0 aliphatic carbocycles. The second-order valence-electron chi connectivity index (χ2n) is 2.09. The van der Waals surface area contributed by atoms with E-state index in [1.54, 1.807) is 18.7 Å². The Kier molecular flexibility index (Phi) is 12.3. The Morgan fingerprint density at radius 2 is 1.75 bits per heavy atom. The van der Waals surface area contributed by atoms with Gasteiger partial charge in [-0.25, -0.2) is 0 Å². The first-order valence-electron chi connectivity index (χ1n) is 3.63. The van der Waals surface area contributed by atoms with Crippen molar-refractivity contribution in [2.45, 2.75) is 20.3 Å². The first kappa shape index (κ1) is 14.0. The normalized spacial score (nSPS) is 8.00. The van der Waals surface area contributed by atoms with Crippen molar-refractivity contribution in [1.82, 2.24) is 0 Å². The Labute approximate surface area is 77.9 Å². The summed E-state index contributed by atoms with van der Waals surface area (Å²) in [6, 6.07) is 0. The first-order valence-corrected chi connectivity index (χ1v) is 5.26. The minimum Gasteiger partial charge on any atom is -0.466 e. The van der Waals surface area contributed by atoms with Crippen LogP contribution in [0.3, 0.4) is 0 Å². The first-order chi connectivity index (χ1) is 5.58. The molecule has 0 rings (SSSR count). The smallest absolute Gasteiger partial charge is 0.313 e. The molecule has 4 heteroatoms. The largest absolute Gasteiger partial charge is 0.466 e. The number of ether oxygens (including phenoxy) is 1. The van der Waals surface area contributed by atoms with Gasteiger partial charge in [0, 0.05) is 0 Å². The molecular weight excluding hydrogens is 176 g/mol. The van der Waals surface area contributed by atoms with Crippen molar-refractivity contribution in [3.05, 3.63) is 0 Å². The molecule has 0 atom stereocenters. The summed E-state index contributed by atoms with van der Waals surface area (Å²) in [4.78, 5) is 20.6. The topological polar surface area (TPSA) is 43.4 Å². The standard InChI is InChI=1S/C6H10O3.C2H6S/c1-3-9-6(8)4-5(2)7;1-3-2/h3-4H2,1-2H3;1-2H3. The van der Waals surface area contributed by atoms with Crippen LogP contribution in [0.1, 0.15) is 20.3 Å². The molecule has 0 heterocycles. The Morgan fingerprint density at radius 3 is 2.00 bits per heavy atom. The number of esters is 1. The molecule has 0 aliphatic rings. The predicted octanol–water partition coefficient (Wildman–Crippen LogP) is 1.51. The summed E-state index contributed by atoms with van der Waals surface area (Å²) < 4.78 is 4.49. The fraction of sp³-hybridized carbons (Fsp3) is 0.750. The maximum atomic E-state index is 10.4. The molecule has 0 spiro atoms. The van der Waals surface area contributed by atoms with E-state index in [0.29, 0.717) is 6.61 Å². The van der Waals surface area contributed by atoms with Crippen LogP contribution in [0.5, 0.6) is 0 Å². The lowest BCUT2D eigenvalue weighted by atomic mass is 10.3. The monoisotopic (exact) mass is 192 g/mol. The minimum absolute atomic E-state index is 0.103. The highest BCUT2D eigenvalue weighted by molar-refractivity contribution is 7.97. The van der Waals surface area contributed by atoms with Crippen molar-refractivity contribution in [3.8, 4) is 0 Å². The molecule has 0 unspecified atom stereocenters. The van der Waals surface area contributed by atoms with Gasteiger partial charge in [-0.15, -0.1) is 0 Å². The zero-order chi connectivity index (χ0) is 9.98. The van der Waals surface area contributed by atoms with Crippen molar-refractivity contribution in [2.75, 3.05) is 19.1 Å². The van der Waals surface area contributed by atoms with E-state index in [-0.39, 0.29) is 12.2 Å². The van der Waals surface area contributed by atoms with Crippen LogP contribution in [0.4, 0.5) is 0 Å². The zero-order valence-electron chi connectivity index (χ0n) is 8.05. The van der Waals surface area contributed by atoms with Crippen LogP contribution in [0, 0.1) is 0 Å². The van der Waals surface area contributed by atoms with E-state index < -0.39 is 5.97 Å². The van der Waals surface area contributed by atoms with Crippen molar-refractivity contribution in [1.29, 1.82) is 0 Å². The highest BCUT2D eigenvalue weighted by atomic mass is 32.2. The molecule has 0 aromatic heterocycles. The number of carbonyl (C=O) groups is 2. The van der Waals surface area contributed by atoms with E-state index in [2.05, 4.69) is 4.74 Å².